The molecule has 0 aromatic carbocycles. The molecule has 19 heavy (non-hydrogen) atoms. The first-order valence-electron chi connectivity index (χ1n) is 8.12. The first-order valence-corrected chi connectivity index (χ1v) is 8.12. The monoisotopic (exact) mass is 265 g/mol. The van der Waals surface area contributed by atoms with E-state index in [0.29, 0.717) is 12.1 Å². The van der Waals surface area contributed by atoms with Crippen LogP contribution in [0.2, 0.25) is 0 Å². The number of nitrogens with zero attached hydrogens (tertiary/aromatic N) is 3. The number of piperazine rings is 1. The van der Waals surface area contributed by atoms with Crippen LogP contribution in [0.25, 0.3) is 0 Å². The third kappa shape index (κ3) is 3.04. The SMILES string of the molecule is O=C(N1CCCCCC1)N1CCN2CCCCC2C1. The van der Waals surface area contributed by atoms with Gasteiger partial charge < -0.3 is 9.80 Å². The molecule has 0 N–H and O–H groups in total. The average molecular weight is 265 g/mol. The topological polar surface area (TPSA) is 26.8 Å². The molecule has 0 aromatic heterocycles. The molecule has 1 atom stereocenters. The normalized spacial score (nSPS) is 29.8. The lowest BCUT2D eigenvalue weighted by Gasteiger charge is -2.45. The molecule has 0 radical (unpaired) electrons. The molecule has 0 bridgehead atoms. The van der Waals surface area contributed by atoms with Crippen molar-refractivity contribution in [3.05, 3.63) is 0 Å². The van der Waals surface area contributed by atoms with Gasteiger partial charge in [-0.2, -0.15) is 0 Å². The average Bonchev–Trinajstić information content (AvgIpc) is 2.75. The van der Waals surface area contributed by atoms with Gasteiger partial charge in [-0.1, -0.05) is 19.3 Å². The first-order chi connectivity index (χ1) is 9.34. The van der Waals surface area contributed by atoms with Crippen molar-refractivity contribution in [3.63, 3.8) is 0 Å². The summed E-state index contributed by atoms with van der Waals surface area (Å²) in [6, 6.07) is 0.950. The van der Waals surface area contributed by atoms with E-state index in [1.54, 1.807) is 0 Å². The van der Waals surface area contributed by atoms with Crippen LogP contribution < -0.4 is 0 Å². The Hall–Kier alpha value is -0.770. The van der Waals surface area contributed by atoms with Crippen molar-refractivity contribution in [3.8, 4) is 0 Å². The second kappa shape index (κ2) is 6.12. The van der Waals surface area contributed by atoms with Crippen molar-refractivity contribution in [1.82, 2.24) is 14.7 Å². The lowest BCUT2D eigenvalue weighted by Crippen LogP contribution is -2.58. The molecule has 0 aliphatic carbocycles. The molecule has 0 saturated carbocycles. The van der Waals surface area contributed by atoms with Crippen LogP contribution in [0.1, 0.15) is 44.9 Å². The van der Waals surface area contributed by atoms with Gasteiger partial charge in [0.1, 0.15) is 0 Å². The van der Waals surface area contributed by atoms with Crippen LogP contribution in [0.15, 0.2) is 0 Å². The summed E-state index contributed by atoms with van der Waals surface area (Å²) < 4.78 is 0. The molecular weight excluding hydrogens is 238 g/mol. The van der Waals surface area contributed by atoms with Gasteiger partial charge in [-0.3, -0.25) is 4.90 Å². The lowest BCUT2D eigenvalue weighted by atomic mass is 10.00. The molecular formula is C15H27N3O. The van der Waals surface area contributed by atoms with Crippen LogP contribution in [0.5, 0.6) is 0 Å². The van der Waals surface area contributed by atoms with E-state index in [1.807, 2.05) is 0 Å². The first kappa shape index (κ1) is 13.2. The summed E-state index contributed by atoms with van der Waals surface area (Å²) in [5.74, 6) is 0. The van der Waals surface area contributed by atoms with Gasteiger partial charge in [-0.05, 0) is 32.2 Å². The molecule has 4 nitrogen and oxygen atoms in total. The summed E-state index contributed by atoms with van der Waals surface area (Å²) >= 11 is 0. The Morgan fingerprint density at radius 2 is 1.47 bits per heavy atom. The summed E-state index contributed by atoms with van der Waals surface area (Å²) in [5, 5.41) is 0. The number of likely N-dealkylation sites (tertiary alicyclic amines) is 1. The van der Waals surface area contributed by atoms with E-state index in [1.165, 1.54) is 51.5 Å². The van der Waals surface area contributed by atoms with Gasteiger partial charge in [0.15, 0.2) is 0 Å². The van der Waals surface area contributed by atoms with Crippen molar-refractivity contribution < 1.29 is 4.79 Å². The van der Waals surface area contributed by atoms with Crippen LogP contribution >= 0.6 is 0 Å². The zero-order chi connectivity index (χ0) is 13.1. The molecule has 3 aliphatic heterocycles. The molecule has 3 aliphatic rings. The van der Waals surface area contributed by atoms with Crippen LogP contribution in [0.3, 0.4) is 0 Å². The van der Waals surface area contributed by atoms with E-state index in [9.17, 15) is 4.79 Å². The van der Waals surface area contributed by atoms with Gasteiger partial charge in [0.05, 0.1) is 0 Å². The zero-order valence-corrected chi connectivity index (χ0v) is 12.0. The van der Waals surface area contributed by atoms with Crippen molar-refractivity contribution in [2.24, 2.45) is 0 Å². The molecule has 4 heteroatoms. The Balaban J connectivity index is 1.57. The predicted octanol–water partition coefficient (Wildman–Crippen LogP) is 2.15. The Morgan fingerprint density at radius 1 is 0.737 bits per heavy atom. The summed E-state index contributed by atoms with van der Waals surface area (Å²) in [4.78, 5) is 19.4. The maximum atomic E-state index is 12.6. The van der Waals surface area contributed by atoms with Gasteiger partial charge in [0.25, 0.3) is 0 Å². The molecule has 3 rings (SSSR count). The number of amides is 2. The Labute approximate surface area is 116 Å². The Morgan fingerprint density at radius 3 is 2.26 bits per heavy atom. The largest absolute Gasteiger partial charge is 0.325 e. The fourth-order valence-electron chi connectivity index (χ4n) is 3.79. The van der Waals surface area contributed by atoms with Gasteiger partial charge in [0, 0.05) is 38.8 Å². The van der Waals surface area contributed by atoms with E-state index in [2.05, 4.69) is 14.7 Å². The third-order valence-electron chi connectivity index (χ3n) is 4.98. The molecule has 0 spiro atoms. The van der Waals surface area contributed by atoms with Gasteiger partial charge in [-0.25, -0.2) is 4.79 Å². The number of carbonyl (C=O) groups excluding carboxylic acids is 1. The fraction of sp³-hybridized carbons (Fsp3) is 0.933. The van der Waals surface area contributed by atoms with E-state index >= 15 is 0 Å². The highest BCUT2D eigenvalue weighted by Crippen LogP contribution is 2.22. The summed E-state index contributed by atoms with van der Waals surface area (Å²) in [6.45, 7) is 6.19. The quantitative estimate of drug-likeness (QED) is 0.671. The highest BCUT2D eigenvalue weighted by atomic mass is 16.2. The second-order valence-electron chi connectivity index (χ2n) is 6.32. The number of rotatable bonds is 0. The molecule has 3 fully saturated rings. The molecule has 0 aromatic rings. The highest BCUT2D eigenvalue weighted by Gasteiger charge is 2.32. The number of fused-ring (bicyclic) bond motifs is 1. The Kier molecular flexibility index (Phi) is 4.26. The summed E-state index contributed by atoms with van der Waals surface area (Å²) in [7, 11) is 0. The van der Waals surface area contributed by atoms with Gasteiger partial charge >= 0.3 is 6.03 Å². The van der Waals surface area contributed by atoms with Crippen LogP contribution in [-0.4, -0.2) is 66.0 Å². The van der Waals surface area contributed by atoms with Gasteiger partial charge in [0.2, 0.25) is 0 Å². The number of piperidine rings is 1. The summed E-state index contributed by atoms with van der Waals surface area (Å²) in [6.07, 6.45) is 8.93. The fourth-order valence-corrected chi connectivity index (χ4v) is 3.79. The van der Waals surface area contributed by atoms with Crippen molar-refractivity contribution in [1.29, 1.82) is 0 Å². The molecule has 3 saturated heterocycles. The smallest absolute Gasteiger partial charge is 0.320 e. The van der Waals surface area contributed by atoms with E-state index in [-0.39, 0.29) is 0 Å². The van der Waals surface area contributed by atoms with E-state index < -0.39 is 0 Å². The maximum Gasteiger partial charge on any atom is 0.320 e. The van der Waals surface area contributed by atoms with Crippen molar-refractivity contribution in [2.45, 2.75) is 51.0 Å². The lowest BCUT2D eigenvalue weighted by molar-refractivity contribution is 0.0537. The molecule has 2 amide bonds. The predicted molar refractivity (Wildman–Crippen MR) is 76.2 cm³/mol. The molecule has 1 unspecified atom stereocenters. The zero-order valence-electron chi connectivity index (χ0n) is 12.0. The number of urea groups is 1. The Bertz CT molecular complexity index is 313. The van der Waals surface area contributed by atoms with Crippen molar-refractivity contribution in [2.75, 3.05) is 39.3 Å². The number of hydrogen-bond acceptors (Lipinski definition) is 2. The number of hydrogen-bond donors (Lipinski definition) is 0. The standard InChI is InChI=1S/C15H27N3O/c19-15(17-9-4-1-2-5-10-17)18-12-11-16-8-6-3-7-14(16)13-18/h14H,1-13H2. The van der Waals surface area contributed by atoms with Crippen LogP contribution in [0.4, 0.5) is 4.79 Å². The highest BCUT2D eigenvalue weighted by molar-refractivity contribution is 5.74. The molecule has 3 heterocycles. The van der Waals surface area contributed by atoms with Gasteiger partial charge in [-0.15, -0.1) is 0 Å². The number of carbonyl (C=O) groups is 1. The summed E-state index contributed by atoms with van der Waals surface area (Å²) in [5.41, 5.74) is 0. The minimum atomic E-state index is 0.312. The van der Waals surface area contributed by atoms with E-state index in [4.69, 9.17) is 0 Å². The van der Waals surface area contributed by atoms with Crippen LogP contribution in [0, 0.1) is 0 Å². The second-order valence-corrected chi connectivity index (χ2v) is 6.32. The maximum absolute atomic E-state index is 12.6. The third-order valence-corrected chi connectivity index (χ3v) is 4.98. The van der Waals surface area contributed by atoms with E-state index in [0.717, 1.165) is 32.7 Å². The minimum Gasteiger partial charge on any atom is -0.325 e. The minimum absolute atomic E-state index is 0.312. The van der Waals surface area contributed by atoms with Crippen LogP contribution in [-0.2, 0) is 0 Å². The molecule has 108 valence electrons. The van der Waals surface area contributed by atoms with Crippen molar-refractivity contribution >= 4 is 6.03 Å².